The van der Waals surface area contributed by atoms with Gasteiger partial charge in [-0.1, -0.05) is 23.8 Å². The Balaban J connectivity index is 2.13. The standard InChI is InChI=1S/C9H12N2S/c10-5-4-7-2-1-3-8-6-11-12-9(7)8/h1-3,6,8-9H,4-5,10H2. The molecule has 64 valence electrons. The lowest BCUT2D eigenvalue weighted by Crippen LogP contribution is -2.19. The van der Waals surface area contributed by atoms with Crippen molar-refractivity contribution in [1.82, 2.24) is 0 Å². The van der Waals surface area contributed by atoms with E-state index in [9.17, 15) is 0 Å². The Hall–Kier alpha value is -0.540. The lowest BCUT2D eigenvalue weighted by atomic mass is 9.93. The van der Waals surface area contributed by atoms with Crippen molar-refractivity contribution < 1.29 is 0 Å². The fraction of sp³-hybridized carbons (Fsp3) is 0.444. The van der Waals surface area contributed by atoms with Gasteiger partial charge >= 0.3 is 0 Å². The molecule has 0 spiro atoms. The average molecular weight is 180 g/mol. The van der Waals surface area contributed by atoms with Crippen molar-refractivity contribution in [2.45, 2.75) is 11.7 Å². The van der Waals surface area contributed by atoms with E-state index in [4.69, 9.17) is 5.73 Å². The van der Waals surface area contributed by atoms with Crippen LogP contribution in [0.5, 0.6) is 0 Å². The molecule has 0 saturated heterocycles. The van der Waals surface area contributed by atoms with Crippen molar-refractivity contribution in [2.24, 2.45) is 16.0 Å². The largest absolute Gasteiger partial charge is 0.330 e. The fourth-order valence-corrected chi connectivity index (χ4v) is 2.55. The van der Waals surface area contributed by atoms with Crippen LogP contribution in [0.1, 0.15) is 6.42 Å². The van der Waals surface area contributed by atoms with Crippen molar-refractivity contribution in [3.63, 3.8) is 0 Å². The predicted octanol–water partition coefficient (Wildman–Crippen LogP) is 1.55. The first kappa shape index (κ1) is 8.08. The van der Waals surface area contributed by atoms with Crippen LogP contribution in [-0.4, -0.2) is 18.0 Å². The molecule has 3 heteroatoms. The van der Waals surface area contributed by atoms with Gasteiger partial charge in [0, 0.05) is 12.1 Å². The normalized spacial score (nSPS) is 31.9. The summed E-state index contributed by atoms with van der Waals surface area (Å²) in [7, 11) is 0. The molecule has 0 fully saturated rings. The van der Waals surface area contributed by atoms with Gasteiger partial charge in [0.1, 0.15) is 0 Å². The molecule has 2 atom stereocenters. The fourth-order valence-electron chi connectivity index (χ4n) is 1.58. The van der Waals surface area contributed by atoms with Crippen molar-refractivity contribution in [3.8, 4) is 0 Å². The molecule has 2 aliphatic rings. The zero-order valence-electron chi connectivity index (χ0n) is 6.81. The Bertz CT molecular complexity index is 255. The molecule has 0 bridgehead atoms. The quantitative estimate of drug-likeness (QED) is 0.655. The third-order valence-corrected chi connectivity index (χ3v) is 3.29. The Morgan fingerprint density at radius 1 is 1.58 bits per heavy atom. The summed E-state index contributed by atoms with van der Waals surface area (Å²) in [6, 6.07) is 0. The highest BCUT2D eigenvalue weighted by Crippen LogP contribution is 2.36. The molecule has 0 amide bonds. The Kier molecular flexibility index (Phi) is 2.33. The van der Waals surface area contributed by atoms with Gasteiger partial charge < -0.3 is 5.73 Å². The average Bonchev–Trinajstić information content (AvgIpc) is 2.53. The predicted molar refractivity (Wildman–Crippen MR) is 54.3 cm³/mol. The van der Waals surface area contributed by atoms with E-state index >= 15 is 0 Å². The monoisotopic (exact) mass is 180 g/mol. The molecule has 12 heavy (non-hydrogen) atoms. The minimum absolute atomic E-state index is 0.515. The number of rotatable bonds is 2. The maximum absolute atomic E-state index is 5.53. The lowest BCUT2D eigenvalue weighted by Gasteiger charge is -2.19. The van der Waals surface area contributed by atoms with E-state index in [0.29, 0.717) is 11.2 Å². The van der Waals surface area contributed by atoms with Gasteiger partial charge in [-0.15, -0.1) is 0 Å². The van der Waals surface area contributed by atoms with E-state index < -0.39 is 0 Å². The van der Waals surface area contributed by atoms with Crippen LogP contribution in [-0.2, 0) is 0 Å². The number of allylic oxidation sites excluding steroid dienone is 3. The first-order valence-corrected chi connectivity index (χ1v) is 5.02. The summed E-state index contributed by atoms with van der Waals surface area (Å²) in [5.41, 5.74) is 6.96. The van der Waals surface area contributed by atoms with Gasteiger partial charge in [-0.05, 0) is 24.9 Å². The van der Waals surface area contributed by atoms with Gasteiger partial charge in [-0.25, -0.2) is 4.40 Å². The summed E-state index contributed by atoms with van der Waals surface area (Å²) >= 11 is 1.67. The maximum Gasteiger partial charge on any atom is 0.0592 e. The molecule has 0 aromatic heterocycles. The Morgan fingerprint density at radius 3 is 3.33 bits per heavy atom. The highest BCUT2D eigenvalue weighted by atomic mass is 32.2. The number of nitrogens with zero attached hydrogens (tertiary/aromatic N) is 1. The molecule has 2 unspecified atom stereocenters. The first-order valence-electron chi connectivity index (χ1n) is 4.18. The molecule has 1 aliphatic heterocycles. The Morgan fingerprint density at radius 2 is 2.50 bits per heavy atom. The molecule has 1 aliphatic carbocycles. The third kappa shape index (κ3) is 1.34. The molecular weight excluding hydrogens is 168 g/mol. The van der Waals surface area contributed by atoms with Gasteiger partial charge in [0.25, 0.3) is 0 Å². The highest BCUT2D eigenvalue weighted by molar-refractivity contribution is 7.99. The maximum atomic E-state index is 5.53. The SMILES string of the molecule is NCCC1=CC=CC2C=NSC12. The van der Waals surface area contributed by atoms with Crippen molar-refractivity contribution in [2.75, 3.05) is 6.54 Å². The summed E-state index contributed by atoms with van der Waals surface area (Å²) in [5.74, 6) is 0.515. The van der Waals surface area contributed by atoms with Crippen LogP contribution in [0.15, 0.2) is 28.2 Å². The van der Waals surface area contributed by atoms with Crippen LogP contribution in [0.4, 0.5) is 0 Å². The molecule has 2 N–H and O–H groups in total. The zero-order valence-corrected chi connectivity index (χ0v) is 7.63. The second-order valence-electron chi connectivity index (χ2n) is 3.02. The first-order chi connectivity index (χ1) is 5.92. The summed E-state index contributed by atoms with van der Waals surface area (Å²) in [6.45, 7) is 0.740. The van der Waals surface area contributed by atoms with E-state index in [2.05, 4.69) is 22.6 Å². The van der Waals surface area contributed by atoms with E-state index in [1.165, 1.54) is 5.57 Å². The van der Waals surface area contributed by atoms with Crippen molar-refractivity contribution in [1.29, 1.82) is 0 Å². The summed E-state index contributed by atoms with van der Waals surface area (Å²) in [5, 5.41) is 0.540. The molecule has 0 saturated carbocycles. The molecule has 1 heterocycles. The van der Waals surface area contributed by atoms with E-state index in [1.807, 2.05) is 6.21 Å². The van der Waals surface area contributed by atoms with Gasteiger partial charge in [0.05, 0.1) is 5.25 Å². The second-order valence-corrected chi connectivity index (χ2v) is 3.95. The van der Waals surface area contributed by atoms with Crippen LogP contribution in [0.2, 0.25) is 0 Å². The van der Waals surface area contributed by atoms with Gasteiger partial charge in [0.2, 0.25) is 0 Å². The van der Waals surface area contributed by atoms with Crippen LogP contribution in [0, 0.1) is 5.92 Å². The van der Waals surface area contributed by atoms with Crippen LogP contribution < -0.4 is 5.73 Å². The number of nitrogens with two attached hydrogens (primary N) is 1. The van der Waals surface area contributed by atoms with E-state index in [-0.39, 0.29) is 0 Å². The third-order valence-electron chi connectivity index (χ3n) is 2.20. The number of hydrogen-bond acceptors (Lipinski definition) is 3. The van der Waals surface area contributed by atoms with E-state index in [1.54, 1.807) is 11.9 Å². The second kappa shape index (κ2) is 3.46. The molecule has 2 rings (SSSR count). The molecule has 0 aromatic carbocycles. The zero-order chi connectivity index (χ0) is 8.39. The lowest BCUT2D eigenvalue weighted by molar-refractivity contribution is 0.806. The molecule has 2 nitrogen and oxygen atoms in total. The van der Waals surface area contributed by atoms with Crippen molar-refractivity contribution in [3.05, 3.63) is 23.8 Å². The van der Waals surface area contributed by atoms with Crippen LogP contribution in [0.25, 0.3) is 0 Å². The minimum Gasteiger partial charge on any atom is -0.330 e. The molecule has 0 radical (unpaired) electrons. The van der Waals surface area contributed by atoms with Crippen LogP contribution in [0.3, 0.4) is 0 Å². The smallest absolute Gasteiger partial charge is 0.0592 e. The van der Waals surface area contributed by atoms with E-state index in [0.717, 1.165) is 13.0 Å². The van der Waals surface area contributed by atoms with Gasteiger partial charge in [-0.2, -0.15) is 0 Å². The molecular formula is C9H12N2S. The van der Waals surface area contributed by atoms with Gasteiger partial charge in [0.15, 0.2) is 0 Å². The number of fused-ring (bicyclic) bond motifs is 1. The number of hydrogen-bond donors (Lipinski definition) is 1. The van der Waals surface area contributed by atoms with Crippen LogP contribution >= 0.6 is 11.9 Å². The van der Waals surface area contributed by atoms with Crippen molar-refractivity contribution >= 4 is 18.2 Å². The minimum atomic E-state index is 0.515. The summed E-state index contributed by atoms with van der Waals surface area (Å²) < 4.78 is 4.22. The topological polar surface area (TPSA) is 38.4 Å². The summed E-state index contributed by atoms with van der Waals surface area (Å²) in [4.78, 5) is 0. The Labute approximate surface area is 76.8 Å². The molecule has 0 aromatic rings. The van der Waals surface area contributed by atoms with Gasteiger partial charge in [-0.3, -0.25) is 0 Å². The summed E-state index contributed by atoms with van der Waals surface area (Å²) in [6.07, 6.45) is 9.52. The highest BCUT2D eigenvalue weighted by Gasteiger charge is 2.27.